The molecule has 7 heteroatoms. The van der Waals surface area contributed by atoms with E-state index in [2.05, 4.69) is 0 Å². The molecule has 1 unspecified atom stereocenters. The number of nitrogens with zero attached hydrogens (tertiary/aromatic N) is 1. The molecular weight excluding hydrogens is 330 g/mol. The average molecular weight is 347 g/mol. The van der Waals surface area contributed by atoms with Gasteiger partial charge < -0.3 is 10.0 Å². The molecule has 1 atom stereocenters. The molecule has 1 aliphatic rings. The third-order valence-electron chi connectivity index (χ3n) is 4.26. The molecule has 0 radical (unpaired) electrons. The Hall–Kier alpha value is -2.41. The fourth-order valence-corrected chi connectivity index (χ4v) is 4.47. The molecule has 1 amide bonds. The van der Waals surface area contributed by atoms with Crippen LogP contribution >= 0.6 is 0 Å². The number of hydrogen-bond donors (Lipinski definition) is 1. The van der Waals surface area contributed by atoms with Gasteiger partial charge in [0.25, 0.3) is 0 Å². The van der Waals surface area contributed by atoms with Crippen molar-refractivity contribution in [3.05, 3.63) is 48.0 Å². The van der Waals surface area contributed by atoms with Crippen molar-refractivity contribution < 1.29 is 23.1 Å². The largest absolute Gasteiger partial charge is 0.480 e. The van der Waals surface area contributed by atoms with Gasteiger partial charge >= 0.3 is 5.97 Å². The number of carbonyl (C=O) groups excluding carboxylic acids is 1. The highest BCUT2D eigenvalue weighted by Crippen LogP contribution is 2.21. The molecule has 1 N–H and O–H groups in total. The van der Waals surface area contributed by atoms with E-state index in [-0.39, 0.29) is 24.6 Å². The van der Waals surface area contributed by atoms with Crippen molar-refractivity contribution in [2.24, 2.45) is 0 Å². The highest BCUT2D eigenvalue weighted by molar-refractivity contribution is 7.91. The van der Waals surface area contributed by atoms with Crippen molar-refractivity contribution in [1.82, 2.24) is 4.90 Å². The van der Waals surface area contributed by atoms with Crippen LogP contribution in [0.2, 0.25) is 0 Å². The number of aliphatic carboxylic acids is 1. The van der Waals surface area contributed by atoms with E-state index in [1.54, 1.807) is 0 Å². The Kier molecular flexibility index (Phi) is 4.28. The van der Waals surface area contributed by atoms with E-state index >= 15 is 0 Å². The summed E-state index contributed by atoms with van der Waals surface area (Å²) in [4.78, 5) is 25.1. The first kappa shape index (κ1) is 16.4. The highest BCUT2D eigenvalue weighted by Gasteiger charge is 2.38. The first-order chi connectivity index (χ1) is 11.4. The molecule has 1 saturated heterocycles. The maximum atomic E-state index is 12.6. The Morgan fingerprint density at radius 2 is 1.83 bits per heavy atom. The maximum absolute atomic E-state index is 12.6. The molecule has 0 bridgehead atoms. The standard InChI is InChI=1S/C17H17NO5S/c19-16(18-8-9-24(22,23)11-15(18)17(20)21)10-13-6-3-5-12-4-1-2-7-14(12)13/h1-7,15H,8-11H2,(H,20,21). The van der Waals surface area contributed by atoms with Gasteiger partial charge in [0.1, 0.15) is 6.04 Å². The van der Waals surface area contributed by atoms with Crippen molar-refractivity contribution in [2.45, 2.75) is 12.5 Å². The number of carboxylic acid groups (broad SMARTS) is 1. The van der Waals surface area contributed by atoms with Crippen LogP contribution in [0.25, 0.3) is 10.8 Å². The minimum atomic E-state index is -3.43. The molecule has 0 spiro atoms. The Morgan fingerprint density at radius 1 is 1.12 bits per heavy atom. The van der Waals surface area contributed by atoms with Crippen molar-refractivity contribution in [3.63, 3.8) is 0 Å². The average Bonchev–Trinajstić information content (AvgIpc) is 2.54. The number of carboxylic acids is 1. The van der Waals surface area contributed by atoms with Gasteiger partial charge in [-0.25, -0.2) is 13.2 Å². The first-order valence-corrected chi connectivity index (χ1v) is 9.39. The zero-order valence-corrected chi connectivity index (χ0v) is 13.7. The maximum Gasteiger partial charge on any atom is 0.327 e. The summed E-state index contributed by atoms with van der Waals surface area (Å²) in [6.07, 6.45) is 0.0468. The summed E-state index contributed by atoms with van der Waals surface area (Å²) < 4.78 is 23.3. The molecular formula is C17H17NO5S. The number of carbonyl (C=O) groups is 2. The van der Waals surface area contributed by atoms with E-state index in [4.69, 9.17) is 0 Å². The summed E-state index contributed by atoms with van der Waals surface area (Å²) in [5.74, 6) is -2.38. The molecule has 1 aliphatic heterocycles. The van der Waals surface area contributed by atoms with Gasteiger partial charge in [-0.1, -0.05) is 42.5 Å². The third kappa shape index (κ3) is 3.26. The smallest absolute Gasteiger partial charge is 0.327 e. The van der Waals surface area contributed by atoms with Crippen LogP contribution in [0, 0.1) is 0 Å². The third-order valence-corrected chi connectivity index (χ3v) is 5.89. The number of hydrogen-bond acceptors (Lipinski definition) is 4. The number of rotatable bonds is 3. The lowest BCUT2D eigenvalue weighted by Gasteiger charge is -2.32. The number of amides is 1. The number of sulfone groups is 1. The lowest BCUT2D eigenvalue weighted by molar-refractivity contribution is -0.149. The quantitative estimate of drug-likeness (QED) is 0.897. The summed E-state index contributed by atoms with van der Waals surface area (Å²) in [5, 5.41) is 11.2. The van der Waals surface area contributed by atoms with Crippen molar-refractivity contribution in [3.8, 4) is 0 Å². The van der Waals surface area contributed by atoms with E-state index in [0.717, 1.165) is 16.3 Å². The summed E-state index contributed by atoms with van der Waals surface area (Å²) in [6.45, 7) is -0.0805. The molecule has 2 aromatic carbocycles. The highest BCUT2D eigenvalue weighted by atomic mass is 32.2. The van der Waals surface area contributed by atoms with Crippen LogP contribution in [-0.4, -0.2) is 54.4 Å². The molecule has 126 valence electrons. The van der Waals surface area contributed by atoms with Crippen LogP contribution in [-0.2, 0) is 25.8 Å². The van der Waals surface area contributed by atoms with Gasteiger partial charge in [0.15, 0.2) is 9.84 Å². The molecule has 1 heterocycles. The lowest BCUT2D eigenvalue weighted by Crippen LogP contribution is -2.55. The Bertz CT molecular complexity index is 901. The lowest BCUT2D eigenvalue weighted by atomic mass is 10.0. The van der Waals surface area contributed by atoms with Crippen molar-refractivity contribution in [1.29, 1.82) is 0 Å². The minimum absolute atomic E-state index is 0.0468. The minimum Gasteiger partial charge on any atom is -0.480 e. The van der Waals surface area contributed by atoms with Crippen LogP contribution in [0.15, 0.2) is 42.5 Å². The van der Waals surface area contributed by atoms with E-state index in [0.29, 0.717) is 0 Å². The molecule has 0 saturated carbocycles. The van der Waals surface area contributed by atoms with Crippen LogP contribution in [0.1, 0.15) is 5.56 Å². The Balaban J connectivity index is 1.87. The zero-order valence-electron chi connectivity index (χ0n) is 12.9. The molecule has 0 aliphatic carbocycles. The predicted molar refractivity (Wildman–Crippen MR) is 89.4 cm³/mol. The summed E-state index contributed by atoms with van der Waals surface area (Å²) >= 11 is 0. The summed E-state index contributed by atoms with van der Waals surface area (Å²) in [5.41, 5.74) is 0.802. The predicted octanol–water partition coefficient (Wildman–Crippen LogP) is 1.09. The van der Waals surface area contributed by atoms with Gasteiger partial charge in [-0.15, -0.1) is 0 Å². The molecule has 2 aromatic rings. The normalized spacial score (nSPS) is 20.0. The topological polar surface area (TPSA) is 91.8 Å². The van der Waals surface area contributed by atoms with E-state index in [1.165, 1.54) is 4.90 Å². The van der Waals surface area contributed by atoms with Gasteiger partial charge in [-0.3, -0.25) is 4.79 Å². The first-order valence-electron chi connectivity index (χ1n) is 7.57. The van der Waals surface area contributed by atoms with Crippen LogP contribution in [0.4, 0.5) is 0 Å². The fraction of sp³-hybridized carbons (Fsp3) is 0.294. The van der Waals surface area contributed by atoms with Gasteiger partial charge in [0, 0.05) is 6.54 Å². The second-order valence-electron chi connectivity index (χ2n) is 5.87. The molecule has 24 heavy (non-hydrogen) atoms. The summed E-state index contributed by atoms with van der Waals surface area (Å²) in [6, 6.07) is 11.9. The van der Waals surface area contributed by atoms with Gasteiger partial charge in [0.2, 0.25) is 5.91 Å². The summed E-state index contributed by atoms with van der Waals surface area (Å²) in [7, 11) is -3.43. The zero-order chi connectivity index (χ0) is 17.3. The van der Waals surface area contributed by atoms with Crippen LogP contribution < -0.4 is 0 Å². The molecule has 1 fully saturated rings. The second kappa shape index (κ2) is 6.24. The van der Waals surface area contributed by atoms with Crippen molar-refractivity contribution in [2.75, 3.05) is 18.1 Å². The number of fused-ring (bicyclic) bond motifs is 1. The number of benzene rings is 2. The second-order valence-corrected chi connectivity index (χ2v) is 8.10. The van der Waals surface area contributed by atoms with E-state index in [1.807, 2.05) is 42.5 Å². The van der Waals surface area contributed by atoms with Gasteiger partial charge in [0.05, 0.1) is 17.9 Å². The molecule has 3 rings (SSSR count). The monoisotopic (exact) mass is 347 g/mol. The SMILES string of the molecule is O=C(O)C1CS(=O)(=O)CCN1C(=O)Cc1cccc2ccccc12. The molecule has 6 nitrogen and oxygen atoms in total. The fourth-order valence-electron chi connectivity index (χ4n) is 3.02. The van der Waals surface area contributed by atoms with Crippen LogP contribution in [0.3, 0.4) is 0 Å². The van der Waals surface area contributed by atoms with Gasteiger partial charge in [-0.05, 0) is 16.3 Å². The van der Waals surface area contributed by atoms with E-state index in [9.17, 15) is 23.1 Å². The van der Waals surface area contributed by atoms with Crippen LogP contribution in [0.5, 0.6) is 0 Å². The Labute approximate surface area is 139 Å². The van der Waals surface area contributed by atoms with E-state index < -0.39 is 27.6 Å². The molecule has 0 aromatic heterocycles. The van der Waals surface area contributed by atoms with Gasteiger partial charge in [-0.2, -0.15) is 0 Å². The van der Waals surface area contributed by atoms with Crippen molar-refractivity contribution >= 4 is 32.5 Å². The Morgan fingerprint density at radius 3 is 2.58 bits per heavy atom.